The number of aromatic hydroxyl groups is 1. The number of phenolic OH excluding ortho intramolecular Hbond substituents is 1. The molecule has 5 rings (SSSR count). The lowest BCUT2D eigenvalue weighted by Gasteiger charge is -2.30. The van der Waals surface area contributed by atoms with E-state index in [1.54, 1.807) is 30.6 Å². The molecule has 158 valence electrons. The Balaban J connectivity index is 1.61. The monoisotopic (exact) mass is 436 g/mol. The number of rotatable bonds is 5. The molecule has 0 bridgehead atoms. The van der Waals surface area contributed by atoms with E-state index in [-0.39, 0.29) is 11.8 Å². The molecule has 1 aliphatic carbocycles. The summed E-state index contributed by atoms with van der Waals surface area (Å²) in [5.74, 6) is 0.777. The van der Waals surface area contributed by atoms with Crippen molar-refractivity contribution < 1.29 is 13.5 Å². The van der Waals surface area contributed by atoms with Crippen LogP contribution in [0.1, 0.15) is 23.6 Å². The highest BCUT2D eigenvalue weighted by atomic mass is 32.2. The highest BCUT2D eigenvalue weighted by Gasteiger charge is 2.32. The Labute approximate surface area is 178 Å². The minimum atomic E-state index is -3.37. The fourth-order valence-electron chi connectivity index (χ4n) is 4.07. The van der Waals surface area contributed by atoms with Crippen molar-refractivity contribution in [3.05, 3.63) is 66.0 Å². The van der Waals surface area contributed by atoms with E-state index in [1.807, 2.05) is 29.2 Å². The molecule has 4 aromatic rings. The van der Waals surface area contributed by atoms with E-state index < -0.39 is 10.0 Å². The maximum atomic E-state index is 11.5. The molecular formula is C21H20N6O3S. The third kappa shape index (κ3) is 3.66. The van der Waals surface area contributed by atoms with Crippen LogP contribution >= 0.6 is 0 Å². The van der Waals surface area contributed by atoms with Gasteiger partial charge in [-0.05, 0) is 54.3 Å². The molecular weight excluding hydrogens is 416 g/mol. The van der Waals surface area contributed by atoms with Crippen molar-refractivity contribution in [2.24, 2.45) is 0 Å². The zero-order valence-electron chi connectivity index (χ0n) is 16.6. The normalized spacial score (nSPS) is 15.7. The van der Waals surface area contributed by atoms with Gasteiger partial charge in [0.2, 0.25) is 16.0 Å². The van der Waals surface area contributed by atoms with Gasteiger partial charge in [0.15, 0.2) is 5.65 Å². The largest absolute Gasteiger partial charge is 0.508 e. The van der Waals surface area contributed by atoms with Crippen LogP contribution in [0.2, 0.25) is 0 Å². The third-order valence-electron chi connectivity index (χ3n) is 5.37. The fourth-order valence-corrected chi connectivity index (χ4v) is 4.63. The van der Waals surface area contributed by atoms with Crippen LogP contribution in [0, 0.1) is 0 Å². The lowest BCUT2D eigenvalue weighted by atomic mass is 10.1. The van der Waals surface area contributed by atoms with Gasteiger partial charge in [-0.15, -0.1) is 0 Å². The molecule has 9 nitrogen and oxygen atoms in total. The molecule has 1 atom stereocenters. The van der Waals surface area contributed by atoms with E-state index in [1.165, 1.54) is 0 Å². The Morgan fingerprint density at radius 3 is 2.74 bits per heavy atom. The number of aromatic amines is 1. The number of hydrogen-bond donors (Lipinski definition) is 3. The number of nitrogens with one attached hydrogen (secondary N) is 2. The van der Waals surface area contributed by atoms with Crippen molar-refractivity contribution in [3.63, 3.8) is 0 Å². The molecule has 0 amide bonds. The molecule has 1 unspecified atom stereocenters. The summed E-state index contributed by atoms with van der Waals surface area (Å²) in [7, 11) is -3.37. The molecule has 0 spiro atoms. The van der Waals surface area contributed by atoms with Crippen LogP contribution in [0.3, 0.4) is 0 Å². The first-order chi connectivity index (χ1) is 14.9. The van der Waals surface area contributed by atoms with Crippen LogP contribution in [0.15, 0.2) is 54.9 Å². The van der Waals surface area contributed by atoms with E-state index in [4.69, 9.17) is 0 Å². The van der Waals surface area contributed by atoms with Gasteiger partial charge in [-0.25, -0.2) is 13.4 Å². The number of nitrogens with zero attached hydrogens (tertiary/aromatic N) is 4. The van der Waals surface area contributed by atoms with Gasteiger partial charge in [0.1, 0.15) is 5.75 Å². The van der Waals surface area contributed by atoms with Crippen molar-refractivity contribution >= 4 is 38.4 Å². The van der Waals surface area contributed by atoms with Crippen molar-refractivity contribution in [1.82, 2.24) is 20.2 Å². The smallest absolute Gasteiger partial charge is 0.232 e. The SMILES string of the molecule is CS(=O)(=O)Nc1ccc(N(c2ncc3cn[nH]c3n2)C2CCc3c(O)cccc32)cc1. The number of phenols is 1. The second kappa shape index (κ2) is 7.24. The maximum Gasteiger partial charge on any atom is 0.232 e. The second-order valence-corrected chi connectivity index (χ2v) is 9.28. The predicted octanol–water partition coefficient (Wildman–Crippen LogP) is 3.26. The fraction of sp³-hybridized carbons (Fsp3) is 0.190. The van der Waals surface area contributed by atoms with Crippen LogP contribution in [-0.4, -0.2) is 39.9 Å². The second-order valence-electron chi connectivity index (χ2n) is 7.53. The van der Waals surface area contributed by atoms with E-state index in [0.717, 1.165) is 41.3 Å². The topological polar surface area (TPSA) is 124 Å². The average Bonchev–Trinajstić information content (AvgIpc) is 3.36. The number of sulfonamides is 1. The molecule has 1 aliphatic rings. The predicted molar refractivity (Wildman–Crippen MR) is 118 cm³/mol. The summed E-state index contributed by atoms with van der Waals surface area (Å²) < 4.78 is 25.6. The van der Waals surface area contributed by atoms with Gasteiger partial charge in [0.05, 0.1) is 23.9 Å². The molecule has 0 radical (unpaired) electrons. The van der Waals surface area contributed by atoms with Crippen molar-refractivity contribution in [2.45, 2.75) is 18.9 Å². The van der Waals surface area contributed by atoms with Gasteiger partial charge in [0.25, 0.3) is 0 Å². The van der Waals surface area contributed by atoms with Gasteiger partial charge >= 0.3 is 0 Å². The Kier molecular flexibility index (Phi) is 4.51. The van der Waals surface area contributed by atoms with E-state index in [2.05, 4.69) is 24.9 Å². The first-order valence-electron chi connectivity index (χ1n) is 9.73. The standard InChI is InChI=1S/C21H20N6O3S/c1-31(29,30)26-14-5-7-15(8-6-14)27(21-22-11-13-12-23-25-20(13)24-21)18-10-9-17-16(18)3-2-4-19(17)28/h2-8,11-12,18,26,28H,9-10H2,1H3,(H,22,23,24,25). The summed E-state index contributed by atoms with van der Waals surface area (Å²) in [5.41, 5.74) is 3.85. The van der Waals surface area contributed by atoms with E-state index >= 15 is 0 Å². The highest BCUT2D eigenvalue weighted by molar-refractivity contribution is 7.92. The Bertz CT molecular complexity index is 1370. The molecule has 0 saturated heterocycles. The van der Waals surface area contributed by atoms with Gasteiger partial charge in [-0.3, -0.25) is 9.82 Å². The lowest BCUT2D eigenvalue weighted by Crippen LogP contribution is -2.24. The van der Waals surface area contributed by atoms with Crippen molar-refractivity contribution in [2.75, 3.05) is 15.9 Å². The molecule has 0 fully saturated rings. The summed E-state index contributed by atoms with van der Waals surface area (Å²) in [6.07, 6.45) is 6.01. The maximum absolute atomic E-state index is 11.5. The minimum absolute atomic E-state index is 0.0869. The molecule has 2 aromatic heterocycles. The number of hydrogen-bond acceptors (Lipinski definition) is 7. The van der Waals surface area contributed by atoms with E-state index in [0.29, 0.717) is 17.3 Å². The van der Waals surface area contributed by atoms with Crippen LogP contribution in [0.4, 0.5) is 17.3 Å². The number of H-pyrrole nitrogens is 1. The van der Waals surface area contributed by atoms with Gasteiger partial charge in [-0.1, -0.05) is 12.1 Å². The molecule has 3 N–H and O–H groups in total. The number of fused-ring (bicyclic) bond motifs is 2. The molecule has 10 heteroatoms. The average molecular weight is 436 g/mol. The lowest BCUT2D eigenvalue weighted by molar-refractivity contribution is 0.469. The molecule has 0 aliphatic heterocycles. The zero-order chi connectivity index (χ0) is 21.6. The number of aromatic nitrogens is 4. The Morgan fingerprint density at radius 1 is 1.16 bits per heavy atom. The summed E-state index contributed by atoms with van der Waals surface area (Å²) in [6, 6.07) is 12.5. The molecule has 31 heavy (non-hydrogen) atoms. The van der Waals surface area contributed by atoms with Crippen LogP contribution in [0.25, 0.3) is 11.0 Å². The summed E-state index contributed by atoms with van der Waals surface area (Å²) >= 11 is 0. The summed E-state index contributed by atoms with van der Waals surface area (Å²) in [5, 5.41) is 18.0. The quantitative estimate of drug-likeness (QED) is 0.439. The molecule has 2 aromatic carbocycles. The summed E-state index contributed by atoms with van der Waals surface area (Å²) in [4.78, 5) is 11.2. The summed E-state index contributed by atoms with van der Waals surface area (Å²) in [6.45, 7) is 0. The van der Waals surface area contributed by atoms with Crippen LogP contribution in [-0.2, 0) is 16.4 Å². The van der Waals surface area contributed by atoms with E-state index in [9.17, 15) is 13.5 Å². The number of anilines is 3. The van der Waals surface area contributed by atoms with Crippen molar-refractivity contribution in [1.29, 1.82) is 0 Å². The first-order valence-corrected chi connectivity index (χ1v) is 11.6. The Hall–Kier alpha value is -3.66. The van der Waals surface area contributed by atoms with Crippen LogP contribution in [0.5, 0.6) is 5.75 Å². The molecule has 0 saturated carbocycles. The third-order valence-corrected chi connectivity index (χ3v) is 5.98. The minimum Gasteiger partial charge on any atom is -0.508 e. The first kappa shape index (κ1) is 19.3. The van der Waals surface area contributed by atoms with Crippen molar-refractivity contribution in [3.8, 4) is 5.75 Å². The van der Waals surface area contributed by atoms with Crippen LogP contribution < -0.4 is 9.62 Å². The Morgan fingerprint density at radius 2 is 1.97 bits per heavy atom. The van der Waals surface area contributed by atoms with Gasteiger partial charge in [-0.2, -0.15) is 10.1 Å². The molecule has 2 heterocycles. The zero-order valence-corrected chi connectivity index (χ0v) is 17.5. The highest BCUT2D eigenvalue weighted by Crippen LogP contribution is 2.44. The van der Waals surface area contributed by atoms with Gasteiger partial charge in [0, 0.05) is 17.6 Å². The van der Waals surface area contributed by atoms with Gasteiger partial charge < -0.3 is 10.0 Å². The number of benzene rings is 2.